The molecule has 7 heteroatoms. The summed E-state index contributed by atoms with van der Waals surface area (Å²) in [6.45, 7) is 0. The van der Waals surface area contributed by atoms with Gasteiger partial charge in [-0.3, -0.25) is 4.98 Å². The first-order chi connectivity index (χ1) is 11.5. The fourth-order valence-electron chi connectivity index (χ4n) is 2.28. The average Bonchev–Trinajstić information content (AvgIpc) is 2.58. The molecule has 0 fully saturated rings. The number of benzene rings is 2. The zero-order chi connectivity index (χ0) is 17.3. The van der Waals surface area contributed by atoms with Gasteiger partial charge < -0.3 is 19.9 Å². The van der Waals surface area contributed by atoms with Crippen molar-refractivity contribution in [3.05, 3.63) is 48.2 Å². The van der Waals surface area contributed by atoms with Crippen LogP contribution < -0.4 is 19.9 Å². The number of pyridine rings is 1. The number of hydrogen-bond acceptors (Lipinski definition) is 5. The lowest BCUT2D eigenvalue weighted by Crippen LogP contribution is -1.97. The number of rotatable bonds is 4. The minimum atomic E-state index is -0.731. The summed E-state index contributed by atoms with van der Waals surface area (Å²) >= 11 is 0. The Balaban J connectivity index is 2.17. The third-order valence-electron chi connectivity index (χ3n) is 3.45. The summed E-state index contributed by atoms with van der Waals surface area (Å²) in [5, 5.41) is 0.323. The molecule has 0 saturated heterocycles. The van der Waals surface area contributed by atoms with Gasteiger partial charge in [-0.1, -0.05) is 0 Å². The molecule has 2 aromatic carbocycles. The van der Waals surface area contributed by atoms with Crippen LogP contribution in [0, 0.1) is 11.6 Å². The van der Waals surface area contributed by atoms with E-state index >= 15 is 0 Å². The van der Waals surface area contributed by atoms with E-state index in [1.165, 1.54) is 32.4 Å². The Morgan fingerprint density at radius 3 is 2.29 bits per heavy atom. The van der Waals surface area contributed by atoms with E-state index in [1.54, 1.807) is 6.07 Å². The highest BCUT2D eigenvalue weighted by Crippen LogP contribution is 2.38. The van der Waals surface area contributed by atoms with Crippen LogP contribution in [0.1, 0.15) is 0 Å². The molecule has 0 aliphatic heterocycles. The number of methoxy groups -OCH3 is 2. The van der Waals surface area contributed by atoms with Gasteiger partial charge in [-0.05, 0) is 18.2 Å². The summed E-state index contributed by atoms with van der Waals surface area (Å²) in [6, 6.07) is 7.00. The number of aromatic nitrogens is 1. The van der Waals surface area contributed by atoms with Crippen molar-refractivity contribution < 1.29 is 23.0 Å². The number of nitrogens with two attached hydrogens (primary N) is 1. The number of nitrogen functional groups attached to an aromatic ring is 1. The molecule has 2 N–H and O–H groups in total. The first-order valence-electron chi connectivity index (χ1n) is 6.96. The maximum atomic E-state index is 14.2. The molecule has 0 amide bonds. The van der Waals surface area contributed by atoms with Crippen LogP contribution in [-0.4, -0.2) is 19.2 Å². The number of fused-ring (bicyclic) bond motifs is 1. The molecule has 0 radical (unpaired) electrons. The molecule has 0 saturated carbocycles. The van der Waals surface area contributed by atoms with Crippen LogP contribution in [0.25, 0.3) is 10.9 Å². The topological polar surface area (TPSA) is 66.6 Å². The quantitative estimate of drug-likeness (QED) is 0.734. The first-order valence-corrected chi connectivity index (χ1v) is 6.96. The zero-order valence-corrected chi connectivity index (χ0v) is 13.0. The Morgan fingerprint density at radius 2 is 1.62 bits per heavy atom. The lowest BCUT2D eigenvalue weighted by molar-refractivity contribution is 0.355. The Labute approximate surface area is 136 Å². The molecule has 3 rings (SSSR count). The minimum absolute atomic E-state index is 0.148. The van der Waals surface area contributed by atoms with E-state index in [1.807, 2.05) is 0 Å². The maximum Gasteiger partial charge on any atom is 0.184 e. The molecular formula is C17H14F2N2O3. The van der Waals surface area contributed by atoms with Crippen molar-refractivity contribution in [1.82, 2.24) is 4.98 Å². The van der Waals surface area contributed by atoms with Gasteiger partial charge in [0, 0.05) is 23.2 Å². The van der Waals surface area contributed by atoms with Gasteiger partial charge in [-0.2, -0.15) is 0 Å². The van der Waals surface area contributed by atoms with Gasteiger partial charge in [0.25, 0.3) is 0 Å². The van der Waals surface area contributed by atoms with Crippen LogP contribution in [0.5, 0.6) is 23.0 Å². The van der Waals surface area contributed by atoms with E-state index in [0.717, 1.165) is 12.3 Å². The van der Waals surface area contributed by atoms with Crippen molar-refractivity contribution in [2.45, 2.75) is 0 Å². The molecule has 24 heavy (non-hydrogen) atoms. The van der Waals surface area contributed by atoms with E-state index in [9.17, 15) is 8.78 Å². The van der Waals surface area contributed by atoms with Crippen LogP contribution in [0.2, 0.25) is 0 Å². The summed E-state index contributed by atoms with van der Waals surface area (Å²) < 4.78 is 44.0. The molecule has 0 atom stereocenters. The fourth-order valence-corrected chi connectivity index (χ4v) is 2.28. The molecule has 1 heterocycles. The molecule has 5 nitrogen and oxygen atoms in total. The Hall–Kier alpha value is -3.09. The summed E-state index contributed by atoms with van der Waals surface area (Å²) in [5.41, 5.74) is 6.16. The van der Waals surface area contributed by atoms with E-state index in [0.29, 0.717) is 22.4 Å². The Kier molecular flexibility index (Phi) is 4.07. The van der Waals surface area contributed by atoms with Crippen molar-refractivity contribution in [2.75, 3.05) is 20.0 Å². The summed E-state index contributed by atoms with van der Waals surface area (Å²) in [4.78, 5) is 4.00. The van der Waals surface area contributed by atoms with E-state index < -0.39 is 11.6 Å². The van der Waals surface area contributed by atoms with Crippen molar-refractivity contribution in [1.29, 1.82) is 0 Å². The van der Waals surface area contributed by atoms with Gasteiger partial charge in [0.05, 0.1) is 25.9 Å². The Bertz CT molecular complexity index is 916. The molecule has 0 spiro atoms. The molecule has 3 aromatic rings. The predicted octanol–water partition coefficient (Wildman–Crippen LogP) is 3.90. The summed E-state index contributed by atoms with van der Waals surface area (Å²) in [7, 11) is 2.94. The van der Waals surface area contributed by atoms with Gasteiger partial charge >= 0.3 is 0 Å². The van der Waals surface area contributed by atoms with Gasteiger partial charge in [0.2, 0.25) is 0 Å². The summed E-state index contributed by atoms with van der Waals surface area (Å²) in [6.07, 6.45) is 0.999. The lowest BCUT2D eigenvalue weighted by atomic mass is 10.1. The van der Waals surface area contributed by atoms with Crippen molar-refractivity contribution in [2.24, 2.45) is 0 Å². The number of hydrogen-bond donors (Lipinski definition) is 1. The average molecular weight is 332 g/mol. The Morgan fingerprint density at radius 1 is 0.917 bits per heavy atom. The van der Waals surface area contributed by atoms with E-state index in [2.05, 4.69) is 4.98 Å². The van der Waals surface area contributed by atoms with Gasteiger partial charge in [-0.15, -0.1) is 0 Å². The van der Waals surface area contributed by atoms with Crippen LogP contribution in [0.15, 0.2) is 36.5 Å². The first kappa shape index (κ1) is 15.8. The molecule has 0 unspecified atom stereocenters. The molecular weight excluding hydrogens is 318 g/mol. The molecule has 0 aliphatic rings. The van der Waals surface area contributed by atoms with Gasteiger partial charge in [0.15, 0.2) is 34.6 Å². The highest BCUT2D eigenvalue weighted by atomic mass is 19.1. The standard InChI is InChI=1S/C17H14F2N2O3/c1-22-15-6-10-13(7-16(15)23-2)21-8-12(19)17(10)24-14-4-3-9(20)5-11(14)18/h3-8H,20H2,1-2H3. The SMILES string of the molecule is COc1cc2ncc(F)c(Oc3ccc(N)cc3F)c2cc1OC. The molecule has 0 aliphatic carbocycles. The highest BCUT2D eigenvalue weighted by molar-refractivity contribution is 5.88. The third kappa shape index (κ3) is 2.76. The number of ether oxygens (including phenoxy) is 3. The van der Waals surface area contributed by atoms with Crippen LogP contribution in [-0.2, 0) is 0 Å². The van der Waals surface area contributed by atoms with E-state index in [4.69, 9.17) is 19.9 Å². The van der Waals surface area contributed by atoms with Crippen LogP contribution >= 0.6 is 0 Å². The molecule has 1 aromatic heterocycles. The van der Waals surface area contributed by atoms with Crippen LogP contribution in [0.3, 0.4) is 0 Å². The van der Waals surface area contributed by atoms with E-state index in [-0.39, 0.29) is 17.2 Å². The number of anilines is 1. The number of nitrogens with zero attached hydrogens (tertiary/aromatic N) is 1. The van der Waals surface area contributed by atoms with Crippen molar-refractivity contribution >= 4 is 16.6 Å². The third-order valence-corrected chi connectivity index (χ3v) is 3.45. The second-order valence-electron chi connectivity index (χ2n) is 4.95. The lowest BCUT2D eigenvalue weighted by Gasteiger charge is -2.13. The van der Waals surface area contributed by atoms with Gasteiger partial charge in [0.1, 0.15) is 0 Å². The van der Waals surface area contributed by atoms with Crippen LogP contribution in [0.4, 0.5) is 14.5 Å². The van der Waals surface area contributed by atoms with Crippen molar-refractivity contribution in [3.63, 3.8) is 0 Å². The highest BCUT2D eigenvalue weighted by Gasteiger charge is 2.17. The smallest absolute Gasteiger partial charge is 0.184 e. The van der Waals surface area contributed by atoms with Crippen molar-refractivity contribution in [3.8, 4) is 23.0 Å². The normalized spacial score (nSPS) is 10.7. The minimum Gasteiger partial charge on any atom is -0.493 e. The molecule has 124 valence electrons. The number of halogens is 2. The largest absolute Gasteiger partial charge is 0.493 e. The maximum absolute atomic E-state index is 14.2. The second kappa shape index (κ2) is 6.19. The monoisotopic (exact) mass is 332 g/mol. The summed E-state index contributed by atoms with van der Waals surface area (Å²) in [5.74, 6) is -0.922. The van der Waals surface area contributed by atoms with Gasteiger partial charge in [-0.25, -0.2) is 8.78 Å². The molecule has 0 bridgehead atoms. The predicted molar refractivity (Wildman–Crippen MR) is 85.7 cm³/mol. The second-order valence-corrected chi connectivity index (χ2v) is 4.95. The fraction of sp³-hybridized carbons (Fsp3) is 0.118. The zero-order valence-electron chi connectivity index (χ0n) is 13.0.